The number of rotatable bonds is 5. The second kappa shape index (κ2) is 6.48. The van der Waals surface area contributed by atoms with E-state index in [1.54, 1.807) is 29.2 Å². The molecule has 3 heterocycles. The molecule has 0 spiro atoms. The molecule has 1 atom stereocenters. The minimum Gasteiger partial charge on any atom is -0.477 e. The SMILES string of the molecule is O=C(O)C1=C[C@@H](c2ccco2)n2nc(SCc3ccccc3)nc2N1. The summed E-state index contributed by atoms with van der Waals surface area (Å²) in [6, 6.07) is 13.1. The number of benzene rings is 1. The number of hydrogen-bond donors (Lipinski definition) is 2. The van der Waals surface area contributed by atoms with Gasteiger partial charge in [0.1, 0.15) is 17.5 Å². The first-order valence-electron chi connectivity index (χ1n) is 7.59. The molecule has 1 aliphatic rings. The Balaban J connectivity index is 1.62. The van der Waals surface area contributed by atoms with Crippen LogP contribution in [-0.4, -0.2) is 25.8 Å². The van der Waals surface area contributed by atoms with Gasteiger partial charge in [0, 0.05) is 5.75 Å². The molecule has 0 fully saturated rings. The lowest BCUT2D eigenvalue weighted by Gasteiger charge is -2.20. The number of nitrogens with zero attached hydrogens (tertiary/aromatic N) is 3. The summed E-state index contributed by atoms with van der Waals surface area (Å²) in [4.78, 5) is 15.8. The van der Waals surface area contributed by atoms with Crippen LogP contribution in [0, 0.1) is 0 Å². The molecule has 25 heavy (non-hydrogen) atoms. The molecule has 8 heteroatoms. The third-order valence-corrected chi connectivity index (χ3v) is 4.63. The van der Waals surface area contributed by atoms with Gasteiger partial charge in [-0.15, -0.1) is 5.10 Å². The average Bonchev–Trinajstić information content (AvgIpc) is 3.29. The molecular weight excluding hydrogens is 340 g/mol. The Morgan fingerprint density at radius 3 is 2.84 bits per heavy atom. The van der Waals surface area contributed by atoms with Gasteiger partial charge in [0.15, 0.2) is 0 Å². The van der Waals surface area contributed by atoms with Crippen molar-refractivity contribution in [3.63, 3.8) is 0 Å². The second-order valence-corrected chi connectivity index (χ2v) is 6.35. The second-order valence-electron chi connectivity index (χ2n) is 5.41. The highest BCUT2D eigenvalue weighted by Gasteiger charge is 2.28. The van der Waals surface area contributed by atoms with Gasteiger partial charge in [-0.1, -0.05) is 42.1 Å². The molecule has 2 N–H and O–H groups in total. The predicted molar refractivity (Wildman–Crippen MR) is 92.2 cm³/mol. The zero-order chi connectivity index (χ0) is 17.2. The summed E-state index contributed by atoms with van der Waals surface area (Å²) < 4.78 is 7.07. The number of furan rings is 1. The van der Waals surface area contributed by atoms with Gasteiger partial charge in [-0.3, -0.25) is 0 Å². The summed E-state index contributed by atoms with van der Waals surface area (Å²) in [5, 5.41) is 17.2. The molecule has 0 aliphatic carbocycles. The van der Waals surface area contributed by atoms with E-state index in [1.165, 1.54) is 17.3 Å². The third kappa shape index (κ3) is 3.16. The molecule has 0 radical (unpaired) electrons. The van der Waals surface area contributed by atoms with E-state index in [2.05, 4.69) is 15.4 Å². The van der Waals surface area contributed by atoms with Crippen molar-refractivity contribution in [2.24, 2.45) is 0 Å². The van der Waals surface area contributed by atoms with Crippen molar-refractivity contribution in [2.45, 2.75) is 17.0 Å². The third-order valence-electron chi connectivity index (χ3n) is 3.72. The summed E-state index contributed by atoms with van der Waals surface area (Å²) in [6.45, 7) is 0. The number of carbonyl (C=O) groups is 1. The van der Waals surface area contributed by atoms with E-state index < -0.39 is 12.0 Å². The minimum atomic E-state index is -1.05. The Morgan fingerprint density at radius 2 is 2.12 bits per heavy atom. The number of fused-ring (bicyclic) bond motifs is 1. The Labute approximate surface area is 147 Å². The van der Waals surface area contributed by atoms with E-state index in [4.69, 9.17) is 4.42 Å². The van der Waals surface area contributed by atoms with Crippen LogP contribution >= 0.6 is 11.8 Å². The zero-order valence-electron chi connectivity index (χ0n) is 13.0. The molecule has 0 unspecified atom stereocenters. The van der Waals surface area contributed by atoms with Crippen molar-refractivity contribution in [1.29, 1.82) is 0 Å². The van der Waals surface area contributed by atoms with Gasteiger partial charge >= 0.3 is 5.97 Å². The predicted octanol–water partition coefficient (Wildman–Crippen LogP) is 3.15. The summed E-state index contributed by atoms with van der Waals surface area (Å²) in [5.41, 5.74) is 1.22. The quantitative estimate of drug-likeness (QED) is 0.680. The first-order valence-corrected chi connectivity index (χ1v) is 8.58. The van der Waals surface area contributed by atoms with Crippen molar-refractivity contribution >= 4 is 23.7 Å². The van der Waals surface area contributed by atoms with Crippen LogP contribution < -0.4 is 5.32 Å². The average molecular weight is 354 g/mol. The van der Waals surface area contributed by atoms with Crippen molar-refractivity contribution in [3.05, 3.63) is 71.8 Å². The van der Waals surface area contributed by atoms with Crippen LogP contribution in [0.4, 0.5) is 5.95 Å². The summed E-state index contributed by atoms with van der Waals surface area (Å²) in [7, 11) is 0. The Morgan fingerprint density at radius 1 is 1.28 bits per heavy atom. The van der Waals surface area contributed by atoms with Crippen LogP contribution in [0.2, 0.25) is 0 Å². The Bertz CT molecular complexity index is 919. The first-order chi connectivity index (χ1) is 12.2. The van der Waals surface area contributed by atoms with E-state index in [9.17, 15) is 9.90 Å². The number of aromatic nitrogens is 3. The standard InChI is InChI=1S/C17H14N4O3S/c22-15(23)12-9-13(14-7-4-8-24-14)21-16(18-12)19-17(20-21)25-10-11-5-2-1-3-6-11/h1-9,13H,10H2,(H,22,23)(H,18,19,20)/t13-/m0/s1. The number of aliphatic carboxylic acids is 1. The fourth-order valence-corrected chi connectivity index (χ4v) is 3.33. The molecule has 126 valence electrons. The molecule has 0 saturated heterocycles. The highest BCUT2D eigenvalue weighted by atomic mass is 32.2. The van der Waals surface area contributed by atoms with Gasteiger partial charge in [0.2, 0.25) is 11.1 Å². The molecule has 1 aromatic carbocycles. The van der Waals surface area contributed by atoms with Gasteiger partial charge in [-0.05, 0) is 23.8 Å². The van der Waals surface area contributed by atoms with Crippen molar-refractivity contribution in [2.75, 3.05) is 5.32 Å². The van der Waals surface area contributed by atoms with Crippen LogP contribution in [0.5, 0.6) is 0 Å². The molecule has 0 amide bonds. The van der Waals surface area contributed by atoms with Gasteiger partial charge in [-0.25, -0.2) is 9.48 Å². The summed E-state index contributed by atoms with van der Waals surface area (Å²) in [5.74, 6) is 0.668. The fourth-order valence-electron chi connectivity index (χ4n) is 2.54. The van der Waals surface area contributed by atoms with E-state index in [1.807, 2.05) is 30.3 Å². The number of allylic oxidation sites excluding steroid dienone is 1. The van der Waals surface area contributed by atoms with Gasteiger partial charge in [-0.2, -0.15) is 4.98 Å². The molecule has 0 saturated carbocycles. The molecule has 0 bridgehead atoms. The maximum absolute atomic E-state index is 11.4. The van der Waals surface area contributed by atoms with Crippen LogP contribution in [-0.2, 0) is 10.5 Å². The van der Waals surface area contributed by atoms with Crippen LogP contribution in [0.25, 0.3) is 0 Å². The van der Waals surface area contributed by atoms with E-state index >= 15 is 0 Å². The Hall–Kier alpha value is -3.00. The van der Waals surface area contributed by atoms with Gasteiger partial charge in [0.05, 0.1) is 6.26 Å². The van der Waals surface area contributed by atoms with Crippen LogP contribution in [0.1, 0.15) is 17.4 Å². The Kier molecular flexibility index (Phi) is 4.02. The highest BCUT2D eigenvalue weighted by Crippen LogP contribution is 2.31. The molecule has 7 nitrogen and oxygen atoms in total. The lowest BCUT2D eigenvalue weighted by molar-refractivity contribution is -0.132. The smallest absolute Gasteiger partial charge is 0.352 e. The lowest BCUT2D eigenvalue weighted by atomic mass is 10.1. The lowest BCUT2D eigenvalue weighted by Crippen LogP contribution is -2.24. The monoisotopic (exact) mass is 354 g/mol. The minimum absolute atomic E-state index is 0.0564. The maximum atomic E-state index is 11.4. The van der Waals surface area contributed by atoms with Crippen molar-refractivity contribution < 1.29 is 14.3 Å². The molecule has 2 aromatic heterocycles. The molecule has 3 aromatic rings. The number of carboxylic acid groups (broad SMARTS) is 1. The molecular formula is C17H14N4O3S. The number of nitrogens with one attached hydrogen (secondary N) is 1. The number of hydrogen-bond acceptors (Lipinski definition) is 6. The highest BCUT2D eigenvalue weighted by molar-refractivity contribution is 7.98. The van der Waals surface area contributed by atoms with Crippen LogP contribution in [0.15, 0.2) is 70.1 Å². The molecule has 4 rings (SSSR count). The summed E-state index contributed by atoms with van der Waals surface area (Å²) >= 11 is 1.49. The largest absolute Gasteiger partial charge is 0.477 e. The summed E-state index contributed by atoms with van der Waals surface area (Å²) in [6.07, 6.45) is 3.11. The van der Waals surface area contributed by atoms with E-state index in [-0.39, 0.29) is 5.70 Å². The number of anilines is 1. The topological polar surface area (TPSA) is 93.2 Å². The van der Waals surface area contributed by atoms with Gasteiger partial charge in [0.25, 0.3) is 0 Å². The van der Waals surface area contributed by atoms with E-state index in [0.717, 1.165) is 5.75 Å². The number of carboxylic acids is 1. The van der Waals surface area contributed by atoms with Gasteiger partial charge < -0.3 is 14.8 Å². The number of thioether (sulfide) groups is 1. The first kappa shape index (κ1) is 15.5. The normalized spacial score (nSPS) is 16.0. The van der Waals surface area contributed by atoms with Crippen LogP contribution in [0.3, 0.4) is 0 Å². The van der Waals surface area contributed by atoms with E-state index in [0.29, 0.717) is 16.9 Å². The van der Waals surface area contributed by atoms with Crippen molar-refractivity contribution in [1.82, 2.24) is 14.8 Å². The molecule has 1 aliphatic heterocycles. The maximum Gasteiger partial charge on any atom is 0.352 e. The zero-order valence-corrected chi connectivity index (χ0v) is 13.8. The van der Waals surface area contributed by atoms with Crippen molar-refractivity contribution in [3.8, 4) is 0 Å². The fraction of sp³-hybridized carbons (Fsp3) is 0.118.